The number of rotatable bonds is 3. The molecule has 0 fully saturated rings. The lowest BCUT2D eigenvalue weighted by atomic mass is 10.1. The molecule has 0 saturated heterocycles. The molecule has 2 rings (SSSR count). The van der Waals surface area contributed by atoms with E-state index in [4.69, 9.17) is 9.52 Å². The first kappa shape index (κ1) is 13.6. The van der Waals surface area contributed by atoms with Crippen LogP contribution in [0.4, 0.5) is 0 Å². The molecule has 0 saturated carbocycles. The van der Waals surface area contributed by atoms with Crippen LogP contribution in [0.3, 0.4) is 0 Å². The summed E-state index contributed by atoms with van der Waals surface area (Å²) >= 11 is 0. The highest BCUT2D eigenvalue weighted by Gasteiger charge is 2.21. The van der Waals surface area contributed by atoms with Crippen molar-refractivity contribution in [1.29, 1.82) is 0 Å². The number of para-hydroxylation sites is 1. The van der Waals surface area contributed by atoms with Gasteiger partial charge in [0.1, 0.15) is 17.9 Å². The highest BCUT2D eigenvalue weighted by Crippen LogP contribution is 2.27. The van der Waals surface area contributed by atoms with E-state index in [0.717, 1.165) is 0 Å². The lowest BCUT2D eigenvalue weighted by molar-refractivity contribution is -0.135. The summed E-state index contributed by atoms with van der Waals surface area (Å²) in [5.74, 6) is -2.79. The third-order valence-corrected chi connectivity index (χ3v) is 2.73. The first-order chi connectivity index (χ1) is 9.41. The molecule has 1 aromatic heterocycles. The number of hydrogen-bond acceptors (Lipinski definition) is 5. The maximum Gasteiger partial charge on any atom is 0.353 e. The number of nitrogens with one attached hydrogen (secondary N) is 1. The third-order valence-electron chi connectivity index (χ3n) is 2.73. The minimum atomic E-state index is -1.26. The van der Waals surface area contributed by atoms with Crippen LogP contribution in [-0.4, -0.2) is 28.6 Å². The van der Waals surface area contributed by atoms with Crippen LogP contribution in [0.15, 0.2) is 27.4 Å². The van der Waals surface area contributed by atoms with Gasteiger partial charge in [-0.2, -0.15) is 0 Å². The fraction of sp³-hybridized carbons (Fsp3) is 0.154. The van der Waals surface area contributed by atoms with Crippen LogP contribution in [0.5, 0.6) is 5.75 Å². The maximum absolute atomic E-state index is 11.8. The van der Waals surface area contributed by atoms with Crippen molar-refractivity contribution < 1.29 is 24.2 Å². The lowest BCUT2D eigenvalue weighted by Gasteiger charge is -2.07. The molecule has 7 nitrogen and oxygen atoms in total. The average Bonchev–Trinajstić information content (AvgIpc) is 2.38. The van der Waals surface area contributed by atoms with Crippen molar-refractivity contribution in [3.05, 3.63) is 39.7 Å². The predicted molar refractivity (Wildman–Crippen MR) is 68.9 cm³/mol. The molecule has 2 aromatic rings. The molecule has 7 heteroatoms. The number of aromatic hydroxyl groups is 1. The first-order valence-corrected chi connectivity index (χ1v) is 5.67. The Morgan fingerprint density at radius 2 is 2.05 bits per heavy atom. The zero-order chi connectivity index (χ0) is 14.9. The summed E-state index contributed by atoms with van der Waals surface area (Å²) in [6.45, 7) is 1.03. The molecule has 0 unspecified atom stereocenters. The number of fused-ring (bicyclic) bond motifs is 1. The quantitative estimate of drug-likeness (QED) is 0.708. The van der Waals surface area contributed by atoms with Crippen LogP contribution in [0.2, 0.25) is 0 Å². The highest BCUT2D eigenvalue weighted by molar-refractivity contribution is 6.02. The first-order valence-electron chi connectivity index (χ1n) is 5.67. The molecular weight excluding hydrogens is 266 g/mol. The van der Waals surface area contributed by atoms with E-state index in [-0.39, 0.29) is 11.0 Å². The van der Waals surface area contributed by atoms with E-state index >= 15 is 0 Å². The van der Waals surface area contributed by atoms with Crippen LogP contribution in [0, 0.1) is 6.92 Å². The number of aryl methyl sites for hydroxylation is 1. The number of carbonyl (C=O) groups excluding carboxylic acids is 1. The Morgan fingerprint density at radius 1 is 1.35 bits per heavy atom. The zero-order valence-corrected chi connectivity index (χ0v) is 10.5. The van der Waals surface area contributed by atoms with Crippen molar-refractivity contribution in [2.45, 2.75) is 6.92 Å². The number of aliphatic carboxylic acids is 1. The predicted octanol–water partition coefficient (Wildman–Crippen LogP) is 0.621. The summed E-state index contributed by atoms with van der Waals surface area (Å²) in [5.41, 5.74) is -0.811. The van der Waals surface area contributed by atoms with Gasteiger partial charge in [-0.15, -0.1) is 0 Å². The van der Waals surface area contributed by atoms with Crippen molar-refractivity contribution in [1.82, 2.24) is 5.32 Å². The second-order valence-corrected chi connectivity index (χ2v) is 4.14. The van der Waals surface area contributed by atoms with Gasteiger partial charge in [0.25, 0.3) is 5.91 Å². The second-order valence-electron chi connectivity index (χ2n) is 4.14. The molecular formula is C13H11NO6. The van der Waals surface area contributed by atoms with Crippen LogP contribution >= 0.6 is 0 Å². The van der Waals surface area contributed by atoms with Gasteiger partial charge >= 0.3 is 11.6 Å². The topological polar surface area (TPSA) is 117 Å². The van der Waals surface area contributed by atoms with Crippen molar-refractivity contribution in [2.75, 3.05) is 6.54 Å². The summed E-state index contributed by atoms with van der Waals surface area (Å²) < 4.78 is 5.01. The van der Waals surface area contributed by atoms with Gasteiger partial charge in [-0.1, -0.05) is 12.1 Å². The summed E-state index contributed by atoms with van der Waals surface area (Å²) in [5, 5.41) is 20.7. The van der Waals surface area contributed by atoms with Crippen molar-refractivity contribution in [3.63, 3.8) is 0 Å². The van der Waals surface area contributed by atoms with Gasteiger partial charge in [-0.25, -0.2) is 4.79 Å². The third kappa shape index (κ3) is 2.33. The second kappa shape index (κ2) is 5.04. The molecule has 0 atom stereocenters. The Labute approximate surface area is 112 Å². The Morgan fingerprint density at radius 3 is 2.70 bits per heavy atom. The number of carbonyl (C=O) groups is 2. The smallest absolute Gasteiger partial charge is 0.353 e. The zero-order valence-electron chi connectivity index (χ0n) is 10.5. The monoisotopic (exact) mass is 277 g/mol. The summed E-state index contributed by atoms with van der Waals surface area (Å²) in [7, 11) is 0. The van der Waals surface area contributed by atoms with Gasteiger partial charge in [0.05, 0.1) is 5.39 Å². The Bertz CT molecular complexity index is 761. The molecule has 0 aliphatic heterocycles. The molecule has 0 radical (unpaired) electrons. The molecule has 0 aliphatic carbocycles. The fourth-order valence-electron chi connectivity index (χ4n) is 1.79. The van der Waals surface area contributed by atoms with Crippen LogP contribution in [0.25, 0.3) is 11.0 Å². The van der Waals surface area contributed by atoms with Gasteiger partial charge in [0.2, 0.25) is 0 Å². The number of benzene rings is 1. The van der Waals surface area contributed by atoms with E-state index in [2.05, 4.69) is 0 Å². The van der Waals surface area contributed by atoms with Gasteiger partial charge in [-0.3, -0.25) is 9.59 Å². The minimum Gasteiger partial charge on any atom is -0.506 e. The average molecular weight is 277 g/mol. The molecule has 0 aliphatic rings. The molecule has 0 bridgehead atoms. The van der Waals surface area contributed by atoms with Gasteiger partial charge in [0, 0.05) is 0 Å². The van der Waals surface area contributed by atoms with Crippen molar-refractivity contribution in [3.8, 4) is 5.75 Å². The van der Waals surface area contributed by atoms with Gasteiger partial charge < -0.3 is 19.9 Å². The minimum absolute atomic E-state index is 0.185. The van der Waals surface area contributed by atoms with E-state index in [9.17, 15) is 19.5 Å². The number of carboxylic acids is 1. The largest absolute Gasteiger partial charge is 0.506 e. The highest BCUT2D eigenvalue weighted by atomic mass is 16.4. The van der Waals surface area contributed by atoms with Crippen LogP contribution < -0.4 is 10.9 Å². The van der Waals surface area contributed by atoms with E-state index < -0.39 is 35.4 Å². The molecule has 3 N–H and O–H groups in total. The molecule has 1 aromatic carbocycles. The SMILES string of the molecule is Cc1cccc2c(O)c(C(=O)NCC(=O)O)c(=O)oc12. The van der Waals surface area contributed by atoms with E-state index in [1.54, 1.807) is 19.1 Å². The standard InChI is InChI=1S/C13H11NO6/c1-6-3-2-4-7-10(17)9(13(19)20-11(6)7)12(18)14-5-8(15)16/h2-4,17H,5H2,1H3,(H,14,18)(H,15,16). The normalized spacial score (nSPS) is 10.4. The Hall–Kier alpha value is -2.83. The van der Waals surface area contributed by atoms with Gasteiger partial charge in [0.15, 0.2) is 5.56 Å². The van der Waals surface area contributed by atoms with E-state index in [1.807, 2.05) is 5.32 Å². The number of hydrogen-bond donors (Lipinski definition) is 3. The molecule has 0 spiro atoms. The lowest BCUT2D eigenvalue weighted by Crippen LogP contribution is -2.32. The van der Waals surface area contributed by atoms with E-state index in [0.29, 0.717) is 5.56 Å². The summed E-state index contributed by atoms with van der Waals surface area (Å²) in [6.07, 6.45) is 0. The molecule has 20 heavy (non-hydrogen) atoms. The van der Waals surface area contributed by atoms with E-state index in [1.165, 1.54) is 6.07 Å². The molecule has 1 amide bonds. The number of amides is 1. The molecule has 1 heterocycles. The number of carboxylic acid groups (broad SMARTS) is 1. The fourth-order valence-corrected chi connectivity index (χ4v) is 1.79. The van der Waals surface area contributed by atoms with Crippen molar-refractivity contribution in [2.24, 2.45) is 0 Å². The van der Waals surface area contributed by atoms with Gasteiger partial charge in [-0.05, 0) is 18.6 Å². The Kier molecular flexibility index (Phi) is 3.43. The van der Waals surface area contributed by atoms with Crippen molar-refractivity contribution >= 4 is 22.8 Å². The Balaban J connectivity index is 2.58. The maximum atomic E-state index is 11.8. The van der Waals surface area contributed by atoms with Crippen LogP contribution in [-0.2, 0) is 4.79 Å². The molecule has 104 valence electrons. The summed E-state index contributed by atoms with van der Waals surface area (Å²) in [4.78, 5) is 33.9. The van der Waals surface area contributed by atoms with Crippen LogP contribution in [0.1, 0.15) is 15.9 Å². The summed E-state index contributed by atoms with van der Waals surface area (Å²) in [6, 6.07) is 4.82.